The van der Waals surface area contributed by atoms with E-state index in [1.165, 1.54) is 18.2 Å². The lowest BCUT2D eigenvalue weighted by molar-refractivity contribution is 0.00578. The van der Waals surface area contributed by atoms with Gasteiger partial charge in [-0.1, -0.05) is 17.7 Å². The van der Waals surface area contributed by atoms with Crippen molar-refractivity contribution in [3.63, 3.8) is 0 Å². The van der Waals surface area contributed by atoms with Crippen molar-refractivity contribution >= 4 is 24.8 Å². The number of rotatable bonds is 3. The molecule has 0 spiro atoms. The molecule has 6 heteroatoms. The van der Waals surface area contributed by atoms with Crippen molar-refractivity contribution in [1.82, 2.24) is 0 Å². The second kappa shape index (κ2) is 5.97. The SMILES string of the molecule is Cc1cc(F)c(C=C(CO)B2OC(C)(C)C(C)(C)O2)cc1Cl. The predicted octanol–water partition coefficient (Wildman–Crippen LogP) is 3.79. The Morgan fingerprint density at radius 3 is 2.32 bits per heavy atom. The molecule has 0 amide bonds. The maximum atomic E-state index is 14.1. The summed E-state index contributed by atoms with van der Waals surface area (Å²) in [4.78, 5) is 0. The van der Waals surface area contributed by atoms with Crippen LogP contribution in [0.2, 0.25) is 5.02 Å². The van der Waals surface area contributed by atoms with Gasteiger partial charge >= 0.3 is 7.12 Å². The maximum Gasteiger partial charge on any atom is 0.492 e. The van der Waals surface area contributed by atoms with E-state index in [0.717, 1.165) is 0 Å². The molecule has 0 bridgehead atoms. The normalized spacial score (nSPS) is 20.5. The highest BCUT2D eigenvalue weighted by Gasteiger charge is 2.52. The number of aryl methyl sites for hydroxylation is 1. The molecule has 1 aromatic carbocycles. The van der Waals surface area contributed by atoms with Crippen LogP contribution in [0.1, 0.15) is 38.8 Å². The average molecular weight is 327 g/mol. The molecule has 0 unspecified atom stereocenters. The minimum absolute atomic E-state index is 0.290. The largest absolute Gasteiger partial charge is 0.492 e. The molecule has 3 nitrogen and oxygen atoms in total. The predicted molar refractivity (Wildman–Crippen MR) is 87.3 cm³/mol. The third-order valence-corrected chi connectivity index (χ3v) is 4.76. The Bertz CT molecular complexity index is 598. The van der Waals surface area contributed by atoms with Crippen LogP contribution in [0.4, 0.5) is 4.39 Å². The zero-order chi connectivity index (χ0) is 16.7. The maximum absolute atomic E-state index is 14.1. The lowest BCUT2D eigenvalue weighted by Crippen LogP contribution is -2.41. The van der Waals surface area contributed by atoms with E-state index in [4.69, 9.17) is 20.9 Å². The third kappa shape index (κ3) is 3.23. The minimum Gasteiger partial charge on any atom is -0.400 e. The van der Waals surface area contributed by atoms with E-state index in [1.807, 2.05) is 27.7 Å². The van der Waals surface area contributed by atoms with Gasteiger partial charge in [-0.2, -0.15) is 0 Å². The fraction of sp³-hybridized carbons (Fsp3) is 0.500. The molecule has 0 atom stereocenters. The van der Waals surface area contributed by atoms with Gasteiger partial charge in [0.15, 0.2) is 0 Å². The van der Waals surface area contributed by atoms with Gasteiger partial charge in [0.1, 0.15) is 5.82 Å². The fourth-order valence-corrected chi connectivity index (χ4v) is 2.33. The first-order chi connectivity index (χ1) is 10.1. The molecule has 1 N–H and O–H groups in total. The molecule has 1 aliphatic heterocycles. The zero-order valence-corrected chi connectivity index (χ0v) is 14.3. The van der Waals surface area contributed by atoms with E-state index in [-0.39, 0.29) is 6.61 Å². The fourth-order valence-electron chi connectivity index (χ4n) is 2.15. The summed E-state index contributed by atoms with van der Waals surface area (Å²) in [5, 5.41) is 10.1. The van der Waals surface area contributed by atoms with Gasteiger partial charge in [0.2, 0.25) is 0 Å². The molecule has 2 rings (SSSR count). The van der Waals surface area contributed by atoms with Crippen molar-refractivity contribution in [2.24, 2.45) is 0 Å². The number of hydrogen-bond acceptors (Lipinski definition) is 3. The molecule has 1 heterocycles. The van der Waals surface area contributed by atoms with Crippen molar-refractivity contribution in [2.45, 2.75) is 45.8 Å². The number of benzene rings is 1. The second-order valence-electron chi connectivity index (χ2n) is 6.59. The van der Waals surface area contributed by atoms with Gasteiger partial charge in [0.25, 0.3) is 0 Å². The molecule has 0 aliphatic carbocycles. The summed E-state index contributed by atoms with van der Waals surface area (Å²) >= 11 is 6.04. The molecule has 22 heavy (non-hydrogen) atoms. The molecule has 1 saturated heterocycles. The van der Waals surface area contributed by atoms with Gasteiger partial charge in [0, 0.05) is 10.6 Å². The Labute approximate surface area is 136 Å². The highest BCUT2D eigenvalue weighted by Crippen LogP contribution is 2.38. The topological polar surface area (TPSA) is 38.7 Å². The van der Waals surface area contributed by atoms with Crippen molar-refractivity contribution in [2.75, 3.05) is 6.61 Å². The summed E-state index contributed by atoms with van der Waals surface area (Å²) < 4.78 is 25.8. The monoisotopic (exact) mass is 326 g/mol. The molecular weight excluding hydrogens is 305 g/mol. The van der Waals surface area contributed by atoms with E-state index in [2.05, 4.69) is 0 Å². The zero-order valence-electron chi connectivity index (χ0n) is 13.5. The van der Waals surface area contributed by atoms with Crippen molar-refractivity contribution < 1.29 is 18.8 Å². The minimum atomic E-state index is -0.713. The van der Waals surface area contributed by atoms with E-state index in [1.54, 1.807) is 6.92 Å². The Kier molecular flexibility index (Phi) is 4.74. The van der Waals surface area contributed by atoms with Gasteiger partial charge < -0.3 is 14.4 Å². The van der Waals surface area contributed by atoms with Crippen LogP contribution in [0, 0.1) is 12.7 Å². The number of aliphatic hydroxyl groups excluding tert-OH is 1. The molecule has 0 aromatic heterocycles. The van der Waals surface area contributed by atoms with Crippen molar-refractivity contribution in [3.05, 3.63) is 39.6 Å². The Balaban J connectivity index is 2.36. The summed E-state index contributed by atoms with van der Waals surface area (Å²) in [7, 11) is -0.713. The Morgan fingerprint density at radius 1 is 1.27 bits per heavy atom. The van der Waals surface area contributed by atoms with Crippen LogP contribution in [-0.4, -0.2) is 30.0 Å². The van der Waals surface area contributed by atoms with E-state index in [9.17, 15) is 9.50 Å². The lowest BCUT2D eigenvalue weighted by atomic mass is 9.77. The highest BCUT2D eigenvalue weighted by atomic mass is 35.5. The van der Waals surface area contributed by atoms with Crippen molar-refractivity contribution in [3.8, 4) is 0 Å². The number of aliphatic hydroxyl groups is 1. The van der Waals surface area contributed by atoms with E-state index < -0.39 is 24.1 Å². The van der Waals surface area contributed by atoms with Gasteiger partial charge in [-0.15, -0.1) is 0 Å². The molecular formula is C16H21BClFO3. The van der Waals surface area contributed by atoms with Crippen LogP contribution < -0.4 is 0 Å². The third-order valence-electron chi connectivity index (χ3n) is 4.36. The van der Waals surface area contributed by atoms with Crippen LogP contribution >= 0.6 is 11.6 Å². The van der Waals surface area contributed by atoms with Crippen molar-refractivity contribution in [1.29, 1.82) is 0 Å². The molecule has 1 aromatic rings. The number of halogens is 2. The van der Waals surface area contributed by atoms with Gasteiger partial charge in [0.05, 0.1) is 17.8 Å². The average Bonchev–Trinajstić information content (AvgIpc) is 2.61. The molecule has 120 valence electrons. The first kappa shape index (κ1) is 17.5. The van der Waals surface area contributed by atoms with Gasteiger partial charge in [-0.25, -0.2) is 4.39 Å². The Morgan fingerprint density at radius 2 is 1.82 bits per heavy atom. The lowest BCUT2D eigenvalue weighted by Gasteiger charge is -2.32. The number of hydrogen-bond donors (Lipinski definition) is 1. The van der Waals surface area contributed by atoms with Crippen LogP contribution in [0.3, 0.4) is 0 Å². The highest BCUT2D eigenvalue weighted by molar-refractivity contribution is 6.55. The van der Waals surface area contributed by atoms with Gasteiger partial charge in [-0.05, 0) is 57.8 Å². The standard InChI is InChI=1S/C16H21BClFO3/c1-10-6-14(19)11(8-13(10)18)7-12(9-20)17-21-15(2,3)16(4,5)22-17/h6-8,20H,9H2,1-5H3. The first-order valence-electron chi connectivity index (χ1n) is 7.20. The summed E-state index contributed by atoms with van der Waals surface area (Å²) in [6.45, 7) is 9.13. The summed E-state index contributed by atoms with van der Waals surface area (Å²) in [5.41, 5.74) is 0.384. The summed E-state index contributed by atoms with van der Waals surface area (Å²) in [6, 6.07) is 2.90. The van der Waals surface area contributed by atoms with Gasteiger partial charge in [-0.3, -0.25) is 0 Å². The molecule has 1 aliphatic rings. The summed E-state index contributed by atoms with van der Waals surface area (Å²) in [5.74, 6) is -0.399. The Hall–Kier alpha value is -0.875. The molecule has 0 saturated carbocycles. The summed E-state index contributed by atoms with van der Waals surface area (Å²) in [6.07, 6.45) is 1.53. The van der Waals surface area contributed by atoms with E-state index >= 15 is 0 Å². The first-order valence-corrected chi connectivity index (χ1v) is 7.58. The quantitative estimate of drug-likeness (QED) is 0.859. The molecule has 1 fully saturated rings. The smallest absolute Gasteiger partial charge is 0.400 e. The molecule has 0 radical (unpaired) electrons. The second-order valence-corrected chi connectivity index (χ2v) is 7.00. The van der Waals surface area contributed by atoms with Crippen LogP contribution in [0.15, 0.2) is 17.6 Å². The van der Waals surface area contributed by atoms with Crippen LogP contribution in [0.5, 0.6) is 0 Å². The van der Waals surface area contributed by atoms with Crippen LogP contribution in [0.25, 0.3) is 6.08 Å². The van der Waals surface area contributed by atoms with E-state index in [0.29, 0.717) is 21.6 Å². The van der Waals surface area contributed by atoms with Crippen LogP contribution in [-0.2, 0) is 9.31 Å².